The first-order valence-electron chi connectivity index (χ1n) is 6.66. The molecule has 0 unspecified atom stereocenters. The molecule has 0 saturated carbocycles. The average molecular weight is 255 g/mol. The standard InChI is InChI=1S/C15H17N3O/c1-2-18(11-9-16-10-11)15(19)13-5-3-7-14-12(13)6-4-8-17-14/h3-8,11,16H,2,9-10H2,1H3. The molecular weight excluding hydrogens is 238 g/mol. The summed E-state index contributed by atoms with van der Waals surface area (Å²) in [7, 11) is 0. The van der Waals surface area contributed by atoms with Crippen molar-refractivity contribution in [2.24, 2.45) is 0 Å². The van der Waals surface area contributed by atoms with E-state index in [2.05, 4.69) is 10.3 Å². The van der Waals surface area contributed by atoms with Gasteiger partial charge in [0.25, 0.3) is 5.91 Å². The molecule has 1 amide bonds. The largest absolute Gasteiger partial charge is 0.333 e. The van der Waals surface area contributed by atoms with Gasteiger partial charge in [-0.05, 0) is 25.1 Å². The lowest BCUT2D eigenvalue weighted by Gasteiger charge is -2.37. The summed E-state index contributed by atoms with van der Waals surface area (Å²) in [6.45, 7) is 4.55. The van der Waals surface area contributed by atoms with E-state index in [9.17, 15) is 4.79 Å². The number of fused-ring (bicyclic) bond motifs is 1. The minimum absolute atomic E-state index is 0.104. The average Bonchev–Trinajstić information content (AvgIpc) is 2.41. The minimum Gasteiger partial charge on any atom is -0.333 e. The van der Waals surface area contributed by atoms with Crippen molar-refractivity contribution in [1.82, 2.24) is 15.2 Å². The number of pyridine rings is 1. The third-order valence-corrected chi connectivity index (χ3v) is 3.68. The number of carbonyl (C=O) groups excluding carboxylic acids is 1. The molecular formula is C15H17N3O. The lowest BCUT2D eigenvalue weighted by molar-refractivity contribution is 0.0632. The normalized spacial score (nSPS) is 15.2. The van der Waals surface area contributed by atoms with Gasteiger partial charge in [-0.3, -0.25) is 9.78 Å². The second kappa shape index (κ2) is 4.97. The summed E-state index contributed by atoms with van der Waals surface area (Å²) >= 11 is 0. The highest BCUT2D eigenvalue weighted by Gasteiger charge is 2.28. The van der Waals surface area contributed by atoms with Gasteiger partial charge in [0, 0.05) is 36.8 Å². The first-order chi connectivity index (χ1) is 9.31. The van der Waals surface area contributed by atoms with E-state index in [0.717, 1.165) is 36.1 Å². The van der Waals surface area contributed by atoms with Crippen LogP contribution in [0.15, 0.2) is 36.5 Å². The van der Waals surface area contributed by atoms with Gasteiger partial charge in [-0.25, -0.2) is 0 Å². The van der Waals surface area contributed by atoms with Crippen molar-refractivity contribution in [3.63, 3.8) is 0 Å². The van der Waals surface area contributed by atoms with E-state index >= 15 is 0 Å². The Morgan fingerprint density at radius 3 is 2.89 bits per heavy atom. The summed E-state index contributed by atoms with van der Waals surface area (Å²) in [6, 6.07) is 9.89. The fourth-order valence-electron chi connectivity index (χ4n) is 2.51. The number of hydrogen-bond acceptors (Lipinski definition) is 3. The van der Waals surface area contributed by atoms with Crippen LogP contribution in [0.1, 0.15) is 17.3 Å². The van der Waals surface area contributed by atoms with E-state index < -0.39 is 0 Å². The number of carbonyl (C=O) groups is 1. The predicted octanol–water partition coefficient (Wildman–Crippen LogP) is 1.67. The number of nitrogens with one attached hydrogen (secondary N) is 1. The Bertz CT molecular complexity index is 602. The predicted molar refractivity (Wildman–Crippen MR) is 75.1 cm³/mol. The smallest absolute Gasteiger partial charge is 0.254 e. The molecule has 4 heteroatoms. The minimum atomic E-state index is 0.104. The number of aromatic nitrogens is 1. The zero-order chi connectivity index (χ0) is 13.2. The van der Waals surface area contributed by atoms with E-state index in [1.807, 2.05) is 42.2 Å². The van der Waals surface area contributed by atoms with Gasteiger partial charge in [-0.1, -0.05) is 12.1 Å². The molecule has 19 heavy (non-hydrogen) atoms. The van der Waals surface area contributed by atoms with Gasteiger partial charge in [0.05, 0.1) is 11.6 Å². The van der Waals surface area contributed by atoms with Gasteiger partial charge < -0.3 is 10.2 Å². The maximum Gasteiger partial charge on any atom is 0.254 e. The van der Waals surface area contributed by atoms with Gasteiger partial charge in [0.1, 0.15) is 0 Å². The molecule has 1 N–H and O–H groups in total. The maximum atomic E-state index is 12.7. The van der Waals surface area contributed by atoms with Gasteiger partial charge >= 0.3 is 0 Å². The van der Waals surface area contributed by atoms with Crippen molar-refractivity contribution in [2.45, 2.75) is 13.0 Å². The van der Waals surface area contributed by atoms with E-state index in [1.165, 1.54) is 0 Å². The van der Waals surface area contributed by atoms with Crippen molar-refractivity contribution in [2.75, 3.05) is 19.6 Å². The van der Waals surface area contributed by atoms with Crippen LogP contribution in [0, 0.1) is 0 Å². The number of rotatable bonds is 3. The first kappa shape index (κ1) is 12.1. The van der Waals surface area contributed by atoms with Gasteiger partial charge in [0.15, 0.2) is 0 Å². The molecule has 1 saturated heterocycles. The molecule has 2 heterocycles. The van der Waals surface area contributed by atoms with E-state index in [0.29, 0.717) is 6.04 Å². The number of benzene rings is 1. The fraction of sp³-hybridized carbons (Fsp3) is 0.333. The first-order valence-corrected chi connectivity index (χ1v) is 6.66. The Kier molecular flexibility index (Phi) is 3.17. The fourth-order valence-corrected chi connectivity index (χ4v) is 2.51. The van der Waals surface area contributed by atoms with Gasteiger partial charge in [-0.2, -0.15) is 0 Å². The summed E-state index contributed by atoms with van der Waals surface area (Å²) in [5.41, 5.74) is 1.62. The van der Waals surface area contributed by atoms with Crippen LogP contribution in [0.2, 0.25) is 0 Å². The quantitative estimate of drug-likeness (QED) is 0.907. The molecule has 1 fully saturated rings. The summed E-state index contributed by atoms with van der Waals surface area (Å²) < 4.78 is 0. The molecule has 3 rings (SSSR count). The summed E-state index contributed by atoms with van der Waals surface area (Å²) in [5, 5.41) is 4.14. The van der Waals surface area contributed by atoms with Crippen molar-refractivity contribution in [3.05, 3.63) is 42.1 Å². The SMILES string of the molecule is CCN(C(=O)c1cccc2ncccc12)C1CNC1. The molecule has 1 aromatic carbocycles. The highest BCUT2D eigenvalue weighted by Crippen LogP contribution is 2.19. The zero-order valence-electron chi connectivity index (χ0n) is 11.0. The molecule has 1 aliphatic rings. The monoisotopic (exact) mass is 255 g/mol. The number of nitrogens with zero attached hydrogens (tertiary/aromatic N) is 2. The van der Waals surface area contributed by atoms with Crippen LogP contribution in [0.4, 0.5) is 0 Å². The molecule has 1 aromatic heterocycles. The van der Waals surface area contributed by atoms with Crippen LogP contribution in [-0.2, 0) is 0 Å². The number of likely N-dealkylation sites (N-methyl/N-ethyl adjacent to an activating group) is 1. The van der Waals surface area contributed by atoms with Crippen molar-refractivity contribution < 1.29 is 4.79 Å². The van der Waals surface area contributed by atoms with Crippen LogP contribution in [0.3, 0.4) is 0 Å². The summed E-state index contributed by atoms with van der Waals surface area (Å²) in [4.78, 5) is 18.9. The van der Waals surface area contributed by atoms with E-state index in [1.54, 1.807) is 6.20 Å². The Labute approximate surface area is 112 Å². The van der Waals surface area contributed by atoms with Crippen LogP contribution in [0.5, 0.6) is 0 Å². The highest BCUT2D eigenvalue weighted by atomic mass is 16.2. The van der Waals surface area contributed by atoms with Gasteiger partial charge in [0.2, 0.25) is 0 Å². The second-order valence-corrected chi connectivity index (χ2v) is 4.78. The Balaban J connectivity index is 2.00. The third-order valence-electron chi connectivity index (χ3n) is 3.68. The molecule has 0 spiro atoms. The molecule has 4 nitrogen and oxygen atoms in total. The molecule has 0 bridgehead atoms. The lowest BCUT2D eigenvalue weighted by atomic mass is 10.0. The van der Waals surface area contributed by atoms with Crippen LogP contribution < -0.4 is 5.32 Å². The lowest BCUT2D eigenvalue weighted by Crippen LogP contribution is -2.58. The van der Waals surface area contributed by atoms with Crippen LogP contribution in [-0.4, -0.2) is 41.5 Å². The highest BCUT2D eigenvalue weighted by molar-refractivity contribution is 6.06. The Morgan fingerprint density at radius 1 is 1.37 bits per heavy atom. The summed E-state index contributed by atoms with van der Waals surface area (Å²) in [6.07, 6.45) is 1.75. The number of amides is 1. The van der Waals surface area contributed by atoms with E-state index in [4.69, 9.17) is 0 Å². The van der Waals surface area contributed by atoms with E-state index in [-0.39, 0.29) is 5.91 Å². The molecule has 0 aliphatic carbocycles. The van der Waals surface area contributed by atoms with Crippen molar-refractivity contribution >= 4 is 16.8 Å². The third kappa shape index (κ3) is 2.08. The van der Waals surface area contributed by atoms with Crippen LogP contribution in [0.25, 0.3) is 10.9 Å². The summed E-state index contributed by atoms with van der Waals surface area (Å²) in [5.74, 6) is 0.104. The topological polar surface area (TPSA) is 45.2 Å². The molecule has 2 aromatic rings. The van der Waals surface area contributed by atoms with Crippen LogP contribution >= 0.6 is 0 Å². The molecule has 1 aliphatic heterocycles. The molecule has 98 valence electrons. The zero-order valence-corrected chi connectivity index (χ0v) is 11.0. The molecule has 0 atom stereocenters. The second-order valence-electron chi connectivity index (χ2n) is 4.78. The van der Waals surface area contributed by atoms with Gasteiger partial charge in [-0.15, -0.1) is 0 Å². The Hall–Kier alpha value is -1.94. The van der Waals surface area contributed by atoms with Crippen molar-refractivity contribution in [3.8, 4) is 0 Å². The maximum absolute atomic E-state index is 12.7. The Morgan fingerprint density at radius 2 is 2.21 bits per heavy atom. The van der Waals surface area contributed by atoms with Crippen molar-refractivity contribution in [1.29, 1.82) is 0 Å². The number of hydrogen-bond donors (Lipinski definition) is 1. The molecule has 0 radical (unpaired) electrons.